The van der Waals surface area contributed by atoms with Gasteiger partial charge in [0.2, 0.25) is 0 Å². The third-order valence-corrected chi connectivity index (χ3v) is 4.54. The lowest BCUT2D eigenvalue weighted by Crippen LogP contribution is -2.69. The van der Waals surface area contributed by atoms with Crippen LogP contribution in [0.3, 0.4) is 0 Å². The highest BCUT2D eigenvalue weighted by Gasteiger charge is 2.14. The molecule has 3 rings (SSSR count). The molecule has 23 heavy (non-hydrogen) atoms. The average Bonchev–Trinajstić information content (AvgIpc) is 2.59. The second kappa shape index (κ2) is 7.42. The second-order valence-corrected chi connectivity index (χ2v) is 6.45. The van der Waals surface area contributed by atoms with Crippen LogP contribution >= 0.6 is 22.6 Å². The molecule has 114 valence electrons. The Morgan fingerprint density at radius 3 is 2.22 bits per heavy atom. The lowest BCUT2D eigenvalue weighted by Gasteiger charge is -2.06. The van der Waals surface area contributed by atoms with Gasteiger partial charge in [-0.2, -0.15) is 0 Å². The molecule has 3 aromatic carbocycles. The highest BCUT2D eigenvalue weighted by molar-refractivity contribution is 14.1. The van der Waals surface area contributed by atoms with Gasteiger partial charge in [0.25, 0.3) is 5.84 Å². The summed E-state index contributed by atoms with van der Waals surface area (Å²) < 4.78 is 1.19. The van der Waals surface area contributed by atoms with E-state index in [2.05, 4.69) is 82.3 Å². The Morgan fingerprint density at radius 1 is 0.826 bits per heavy atom. The van der Waals surface area contributed by atoms with E-state index in [-0.39, 0.29) is 0 Å². The fourth-order valence-corrected chi connectivity index (χ4v) is 2.85. The fourth-order valence-electron chi connectivity index (χ4n) is 2.33. The van der Waals surface area contributed by atoms with Crippen molar-refractivity contribution in [3.8, 4) is 0 Å². The minimum absolute atomic E-state index is 0.976. The maximum absolute atomic E-state index is 3.54. The number of halogens is 1. The summed E-state index contributed by atoms with van der Waals surface area (Å²) in [5.74, 6) is 0.976. The van der Waals surface area contributed by atoms with Gasteiger partial charge in [0.05, 0.1) is 9.13 Å². The molecule has 0 unspecified atom stereocenters. The number of hydrogen-bond acceptors (Lipinski definition) is 0. The van der Waals surface area contributed by atoms with Gasteiger partial charge in [-0.25, -0.2) is 10.3 Å². The molecule has 0 heterocycles. The zero-order chi connectivity index (χ0) is 16.1. The van der Waals surface area contributed by atoms with Crippen molar-refractivity contribution in [3.05, 3.63) is 93.6 Å². The molecule has 2 nitrogen and oxygen atoms in total. The van der Waals surface area contributed by atoms with Gasteiger partial charge in [0, 0.05) is 0 Å². The standard InChI is InChI=1S/C20H17IN2/c1-15-9-5-7-13-18(15)22-20(16-10-3-2-4-11-16)23-19-14-8-6-12-17(19)21/h2-14H,1H3,(H,22,23)/p+1. The summed E-state index contributed by atoms with van der Waals surface area (Å²) in [6.07, 6.45) is 0. The summed E-state index contributed by atoms with van der Waals surface area (Å²) >= 11 is 2.35. The van der Waals surface area contributed by atoms with Crippen LogP contribution in [0.25, 0.3) is 0 Å². The smallest absolute Gasteiger partial charge is 0.240 e. The molecule has 0 spiro atoms. The predicted molar refractivity (Wildman–Crippen MR) is 105 cm³/mol. The van der Waals surface area contributed by atoms with Crippen LogP contribution in [0.5, 0.6) is 0 Å². The lowest BCUT2D eigenvalue weighted by molar-refractivity contribution is -0.353. The van der Waals surface area contributed by atoms with Crippen LogP contribution in [0.2, 0.25) is 0 Å². The van der Waals surface area contributed by atoms with Crippen LogP contribution in [0.15, 0.2) is 78.9 Å². The van der Waals surface area contributed by atoms with E-state index in [9.17, 15) is 0 Å². The van der Waals surface area contributed by atoms with E-state index >= 15 is 0 Å². The Labute approximate surface area is 150 Å². The molecule has 0 aliphatic heterocycles. The van der Waals surface area contributed by atoms with Gasteiger partial charge >= 0.3 is 0 Å². The van der Waals surface area contributed by atoms with Crippen LogP contribution in [0.1, 0.15) is 11.1 Å². The molecule has 0 aliphatic carbocycles. The van der Waals surface area contributed by atoms with E-state index in [4.69, 9.17) is 0 Å². The molecular weight excluding hydrogens is 395 g/mol. The second-order valence-electron chi connectivity index (χ2n) is 5.29. The summed E-state index contributed by atoms with van der Waals surface area (Å²) in [7, 11) is 0. The molecule has 0 saturated heterocycles. The summed E-state index contributed by atoms with van der Waals surface area (Å²) in [6.45, 7) is 2.11. The Morgan fingerprint density at radius 2 is 1.48 bits per heavy atom. The first-order chi connectivity index (χ1) is 11.2. The predicted octanol–water partition coefficient (Wildman–Crippen LogP) is 3.87. The molecule has 0 saturated carbocycles. The third-order valence-electron chi connectivity index (χ3n) is 3.60. The van der Waals surface area contributed by atoms with Crippen molar-refractivity contribution >= 4 is 39.8 Å². The number of rotatable bonds is 3. The third kappa shape index (κ3) is 3.99. The van der Waals surface area contributed by atoms with Crippen LogP contribution in [-0.2, 0) is 0 Å². The molecule has 0 aliphatic rings. The summed E-state index contributed by atoms with van der Waals surface area (Å²) in [4.78, 5) is 3.54. The normalized spacial score (nSPS) is 11.3. The van der Waals surface area contributed by atoms with Crippen LogP contribution < -0.4 is 10.3 Å². The van der Waals surface area contributed by atoms with Crippen molar-refractivity contribution in [2.75, 3.05) is 5.32 Å². The largest absolute Gasteiger partial charge is 0.285 e. The Balaban J connectivity index is 2.05. The van der Waals surface area contributed by atoms with Crippen molar-refractivity contribution < 1.29 is 4.99 Å². The maximum Gasteiger partial charge on any atom is 0.285 e. The molecule has 3 heteroatoms. The number of hydrogen-bond donors (Lipinski definition) is 2. The van der Waals surface area contributed by atoms with Crippen LogP contribution in [0.4, 0.5) is 11.4 Å². The van der Waals surface area contributed by atoms with E-state index in [0.717, 1.165) is 22.8 Å². The van der Waals surface area contributed by atoms with Crippen molar-refractivity contribution in [2.24, 2.45) is 0 Å². The first-order valence-electron chi connectivity index (χ1n) is 7.50. The van der Waals surface area contributed by atoms with E-state index in [1.807, 2.05) is 36.4 Å². The van der Waals surface area contributed by atoms with Gasteiger partial charge in [-0.1, -0.05) is 48.5 Å². The minimum Gasteiger partial charge on any atom is -0.240 e. The van der Waals surface area contributed by atoms with Crippen LogP contribution in [-0.4, -0.2) is 5.84 Å². The number of para-hydroxylation sites is 2. The van der Waals surface area contributed by atoms with E-state index in [0.29, 0.717) is 0 Å². The first kappa shape index (κ1) is 15.7. The number of amidine groups is 1. The number of anilines is 1. The van der Waals surface area contributed by atoms with Crippen molar-refractivity contribution in [3.63, 3.8) is 0 Å². The minimum atomic E-state index is 0.976. The van der Waals surface area contributed by atoms with E-state index in [1.165, 1.54) is 9.13 Å². The lowest BCUT2D eigenvalue weighted by atomic mass is 10.1. The summed E-state index contributed by atoms with van der Waals surface area (Å²) in [6, 6.07) is 26.9. The zero-order valence-electron chi connectivity index (χ0n) is 12.9. The Bertz CT molecular complexity index is 826. The van der Waals surface area contributed by atoms with Gasteiger partial charge < -0.3 is 0 Å². The molecule has 0 fully saturated rings. The van der Waals surface area contributed by atoms with E-state index < -0.39 is 0 Å². The SMILES string of the molecule is Cc1ccccc1[NH+]=C(Nc1ccccc1I)c1ccccc1. The van der Waals surface area contributed by atoms with Gasteiger partial charge in [-0.3, -0.25) is 0 Å². The maximum atomic E-state index is 3.54. The fraction of sp³-hybridized carbons (Fsp3) is 0.0500. The van der Waals surface area contributed by atoms with Crippen LogP contribution in [0, 0.1) is 10.5 Å². The van der Waals surface area contributed by atoms with E-state index in [1.54, 1.807) is 0 Å². The number of aryl methyl sites for hydroxylation is 1. The summed E-state index contributed by atoms with van der Waals surface area (Å²) in [5.41, 5.74) is 4.53. The molecule has 0 atom stereocenters. The quantitative estimate of drug-likeness (QED) is 0.381. The topological polar surface area (TPSA) is 26.0 Å². The highest BCUT2D eigenvalue weighted by Crippen LogP contribution is 2.17. The van der Waals surface area contributed by atoms with Gasteiger partial charge in [0.1, 0.15) is 11.4 Å². The van der Waals surface area contributed by atoms with Gasteiger partial charge in [-0.15, -0.1) is 0 Å². The number of benzene rings is 3. The Kier molecular flexibility index (Phi) is 5.08. The van der Waals surface area contributed by atoms with Gasteiger partial charge in [0.15, 0.2) is 0 Å². The summed E-state index contributed by atoms with van der Waals surface area (Å²) in [5, 5.41) is 3.54. The Hall–Kier alpha value is -2.14. The zero-order valence-corrected chi connectivity index (χ0v) is 15.0. The molecule has 2 N–H and O–H groups in total. The monoisotopic (exact) mass is 413 g/mol. The highest BCUT2D eigenvalue weighted by atomic mass is 127. The molecule has 3 aromatic rings. The van der Waals surface area contributed by atoms with Gasteiger partial charge in [-0.05, 0) is 65.4 Å². The average molecular weight is 413 g/mol. The number of nitrogens with one attached hydrogen (secondary N) is 2. The molecule has 0 aromatic heterocycles. The van der Waals surface area contributed by atoms with Crippen molar-refractivity contribution in [2.45, 2.75) is 6.92 Å². The van der Waals surface area contributed by atoms with Crippen molar-refractivity contribution in [1.82, 2.24) is 0 Å². The van der Waals surface area contributed by atoms with Crippen molar-refractivity contribution in [1.29, 1.82) is 0 Å². The molecule has 0 amide bonds. The molecular formula is C20H18IN2+. The first-order valence-corrected chi connectivity index (χ1v) is 8.58. The molecule has 0 bridgehead atoms. The molecule has 0 radical (unpaired) electrons.